The zero-order chi connectivity index (χ0) is 12.3. The van der Waals surface area contributed by atoms with Gasteiger partial charge in [-0.1, -0.05) is 19.9 Å². The highest BCUT2D eigenvalue weighted by molar-refractivity contribution is 7.99. The average Bonchev–Trinajstić information content (AvgIpc) is 2.66. The first kappa shape index (κ1) is 12.5. The number of hydrogen-bond donors (Lipinski definition) is 1. The topological polar surface area (TPSA) is 37.5 Å². The lowest BCUT2D eigenvalue weighted by Gasteiger charge is -2.03. The number of aliphatic hydroxyl groups excluding tert-OH is 1. The van der Waals surface area contributed by atoms with Crippen LogP contribution in [-0.4, -0.2) is 20.2 Å². The van der Waals surface area contributed by atoms with Crippen LogP contribution in [0.5, 0.6) is 0 Å². The molecule has 17 heavy (non-hydrogen) atoms. The van der Waals surface area contributed by atoms with Crippen LogP contribution in [0.15, 0.2) is 29.4 Å². The van der Waals surface area contributed by atoms with E-state index >= 15 is 0 Å². The first-order chi connectivity index (χ1) is 8.22. The molecular weight excluding hydrogens is 232 g/mol. The number of imidazole rings is 1. The van der Waals surface area contributed by atoms with Gasteiger partial charge >= 0.3 is 0 Å². The van der Waals surface area contributed by atoms with Gasteiger partial charge in [-0.25, -0.2) is 4.98 Å². The Morgan fingerprint density at radius 1 is 1.41 bits per heavy atom. The summed E-state index contributed by atoms with van der Waals surface area (Å²) in [6.07, 6.45) is 3.11. The smallest absolute Gasteiger partial charge is 0.138 e. The number of aromatic nitrogens is 2. The number of hydrogen-bond acceptors (Lipinski definition) is 3. The second-order valence-corrected chi connectivity index (χ2v) is 5.57. The Balaban J connectivity index is 2.21. The van der Waals surface area contributed by atoms with Crippen LogP contribution in [0.2, 0.25) is 0 Å². The van der Waals surface area contributed by atoms with Crippen LogP contribution in [0.25, 0.3) is 5.65 Å². The van der Waals surface area contributed by atoms with E-state index in [1.54, 1.807) is 11.8 Å². The number of thioether (sulfide) groups is 1. The van der Waals surface area contributed by atoms with Crippen molar-refractivity contribution in [3.63, 3.8) is 0 Å². The summed E-state index contributed by atoms with van der Waals surface area (Å²) in [5.41, 5.74) is 1.80. The minimum Gasteiger partial charge on any atom is -0.390 e. The third-order valence-electron chi connectivity index (χ3n) is 2.68. The highest BCUT2D eigenvalue weighted by Crippen LogP contribution is 2.25. The summed E-state index contributed by atoms with van der Waals surface area (Å²) in [7, 11) is 0. The maximum absolute atomic E-state index is 9.44. The average molecular weight is 250 g/mol. The van der Waals surface area contributed by atoms with Crippen molar-refractivity contribution in [3.8, 4) is 0 Å². The zero-order valence-corrected chi connectivity index (χ0v) is 11.1. The number of rotatable bonds is 5. The molecule has 2 heterocycles. The molecule has 0 fully saturated rings. The van der Waals surface area contributed by atoms with Crippen molar-refractivity contribution in [1.29, 1.82) is 0 Å². The van der Waals surface area contributed by atoms with E-state index in [0.717, 1.165) is 22.1 Å². The molecule has 0 saturated carbocycles. The van der Waals surface area contributed by atoms with E-state index in [4.69, 9.17) is 0 Å². The largest absolute Gasteiger partial charge is 0.390 e. The molecule has 0 aliphatic carbocycles. The summed E-state index contributed by atoms with van der Waals surface area (Å²) in [5, 5.41) is 10.4. The van der Waals surface area contributed by atoms with Gasteiger partial charge in [-0.3, -0.25) is 0 Å². The van der Waals surface area contributed by atoms with Gasteiger partial charge in [-0.2, -0.15) is 0 Å². The van der Waals surface area contributed by atoms with Crippen LogP contribution >= 0.6 is 11.8 Å². The van der Waals surface area contributed by atoms with Crippen LogP contribution < -0.4 is 0 Å². The first-order valence-electron chi connectivity index (χ1n) is 5.92. The molecule has 92 valence electrons. The lowest BCUT2D eigenvalue weighted by atomic mass is 10.2. The van der Waals surface area contributed by atoms with Crippen LogP contribution in [0, 0.1) is 5.92 Å². The van der Waals surface area contributed by atoms with Gasteiger partial charge in [0.05, 0.1) is 12.3 Å². The fourth-order valence-corrected chi connectivity index (χ4v) is 2.95. The second-order valence-electron chi connectivity index (χ2n) is 4.48. The molecule has 0 spiro atoms. The Hall–Kier alpha value is -1.00. The number of aliphatic hydroxyl groups is 1. The molecule has 0 saturated heterocycles. The zero-order valence-electron chi connectivity index (χ0n) is 10.3. The Morgan fingerprint density at radius 2 is 2.24 bits per heavy atom. The summed E-state index contributed by atoms with van der Waals surface area (Å²) >= 11 is 1.73. The Kier molecular flexibility index (Phi) is 4.07. The molecule has 3 nitrogen and oxygen atoms in total. The SMILES string of the molecule is CC(C)CCSc1nc2ccccn2c1CO. The van der Waals surface area contributed by atoms with Crippen molar-refractivity contribution >= 4 is 17.4 Å². The van der Waals surface area contributed by atoms with E-state index in [9.17, 15) is 5.11 Å². The second kappa shape index (κ2) is 5.56. The van der Waals surface area contributed by atoms with Gasteiger partial charge in [0.1, 0.15) is 10.7 Å². The molecule has 4 heteroatoms. The minimum atomic E-state index is 0.0369. The van der Waals surface area contributed by atoms with Gasteiger partial charge in [0.25, 0.3) is 0 Å². The molecule has 0 atom stereocenters. The van der Waals surface area contributed by atoms with E-state index < -0.39 is 0 Å². The van der Waals surface area contributed by atoms with Gasteiger partial charge in [0.15, 0.2) is 0 Å². The maximum Gasteiger partial charge on any atom is 0.138 e. The Labute approximate surface area is 106 Å². The highest BCUT2D eigenvalue weighted by Gasteiger charge is 2.11. The maximum atomic E-state index is 9.44. The lowest BCUT2D eigenvalue weighted by molar-refractivity contribution is 0.272. The molecule has 2 aromatic rings. The van der Waals surface area contributed by atoms with E-state index in [0.29, 0.717) is 5.92 Å². The number of pyridine rings is 1. The van der Waals surface area contributed by atoms with Gasteiger partial charge in [0.2, 0.25) is 0 Å². The Morgan fingerprint density at radius 3 is 2.94 bits per heavy atom. The highest BCUT2D eigenvalue weighted by atomic mass is 32.2. The van der Waals surface area contributed by atoms with Crippen molar-refractivity contribution in [1.82, 2.24) is 9.38 Å². The number of fused-ring (bicyclic) bond motifs is 1. The van der Waals surface area contributed by atoms with Gasteiger partial charge in [-0.15, -0.1) is 11.8 Å². The normalized spacial score (nSPS) is 11.5. The van der Waals surface area contributed by atoms with Crippen LogP contribution in [0.1, 0.15) is 26.0 Å². The fourth-order valence-electron chi connectivity index (χ4n) is 1.68. The monoisotopic (exact) mass is 250 g/mol. The van der Waals surface area contributed by atoms with Crippen LogP contribution in [0.3, 0.4) is 0 Å². The predicted octanol–water partition coefficient (Wildman–Crippen LogP) is 2.96. The minimum absolute atomic E-state index is 0.0369. The molecule has 0 amide bonds. The third-order valence-corrected chi connectivity index (χ3v) is 3.72. The summed E-state index contributed by atoms with van der Waals surface area (Å²) in [4.78, 5) is 4.55. The molecule has 1 N–H and O–H groups in total. The van der Waals surface area contributed by atoms with Crippen molar-refractivity contribution in [2.24, 2.45) is 5.92 Å². The molecule has 2 rings (SSSR count). The lowest BCUT2D eigenvalue weighted by Crippen LogP contribution is -1.94. The van der Waals surface area contributed by atoms with E-state index in [-0.39, 0.29) is 6.61 Å². The number of nitrogens with zero attached hydrogens (tertiary/aromatic N) is 2. The van der Waals surface area contributed by atoms with Gasteiger partial charge in [-0.05, 0) is 30.2 Å². The fraction of sp³-hybridized carbons (Fsp3) is 0.462. The van der Waals surface area contributed by atoms with Crippen LogP contribution in [-0.2, 0) is 6.61 Å². The molecule has 2 aromatic heterocycles. The molecule has 0 unspecified atom stereocenters. The molecule has 0 bridgehead atoms. The summed E-state index contributed by atoms with van der Waals surface area (Å²) < 4.78 is 1.96. The molecule has 0 aromatic carbocycles. The first-order valence-corrected chi connectivity index (χ1v) is 6.90. The van der Waals surface area contributed by atoms with E-state index in [1.807, 2.05) is 28.8 Å². The van der Waals surface area contributed by atoms with Gasteiger partial charge in [0, 0.05) is 6.20 Å². The third kappa shape index (κ3) is 2.82. The molecule has 0 radical (unpaired) electrons. The van der Waals surface area contributed by atoms with Crippen molar-refractivity contribution in [2.75, 3.05) is 5.75 Å². The quantitative estimate of drug-likeness (QED) is 0.829. The summed E-state index contributed by atoms with van der Waals surface area (Å²) in [6, 6.07) is 5.88. The van der Waals surface area contributed by atoms with Crippen molar-refractivity contribution < 1.29 is 5.11 Å². The molecule has 0 aliphatic heterocycles. The van der Waals surface area contributed by atoms with Crippen LogP contribution in [0.4, 0.5) is 0 Å². The van der Waals surface area contributed by atoms with Gasteiger partial charge < -0.3 is 9.51 Å². The van der Waals surface area contributed by atoms with E-state index in [1.165, 1.54) is 6.42 Å². The standard InChI is InChI=1S/C13H18N2OS/c1-10(2)6-8-17-13-11(9-16)15-7-4-3-5-12(15)14-13/h3-5,7,10,16H,6,8-9H2,1-2H3. The molecule has 0 aliphatic rings. The Bertz CT molecular complexity index is 493. The predicted molar refractivity (Wildman–Crippen MR) is 71.3 cm³/mol. The summed E-state index contributed by atoms with van der Waals surface area (Å²) in [5.74, 6) is 1.76. The van der Waals surface area contributed by atoms with Crippen molar-refractivity contribution in [3.05, 3.63) is 30.1 Å². The molecular formula is C13H18N2OS. The summed E-state index contributed by atoms with van der Waals surface area (Å²) in [6.45, 7) is 4.48. The van der Waals surface area contributed by atoms with Crippen molar-refractivity contribution in [2.45, 2.75) is 31.9 Å². The van der Waals surface area contributed by atoms with E-state index in [2.05, 4.69) is 18.8 Å².